The summed E-state index contributed by atoms with van der Waals surface area (Å²) in [6.07, 6.45) is 0.259. The van der Waals surface area contributed by atoms with Crippen molar-refractivity contribution in [2.45, 2.75) is 24.2 Å². The van der Waals surface area contributed by atoms with Crippen LogP contribution >= 0.6 is 11.8 Å². The van der Waals surface area contributed by atoms with E-state index in [-0.39, 0.29) is 12.3 Å². The molecule has 0 amide bonds. The molecule has 1 fully saturated rings. The van der Waals surface area contributed by atoms with Crippen molar-refractivity contribution >= 4 is 17.4 Å². The van der Waals surface area contributed by atoms with Crippen LogP contribution in [0.5, 0.6) is 0 Å². The average Bonchev–Trinajstić information content (AvgIpc) is 3.03. The molecule has 1 saturated heterocycles. The van der Waals surface area contributed by atoms with Crippen molar-refractivity contribution in [1.82, 2.24) is 5.32 Å². The zero-order valence-corrected chi connectivity index (χ0v) is 14.8. The van der Waals surface area contributed by atoms with Gasteiger partial charge in [-0.15, -0.1) is 11.8 Å². The second kappa shape index (κ2) is 7.39. The summed E-state index contributed by atoms with van der Waals surface area (Å²) < 4.78 is 6.15. The zero-order chi connectivity index (χ0) is 16.2. The summed E-state index contributed by atoms with van der Waals surface area (Å²) in [4.78, 5) is 3.41. The Morgan fingerprint density at radius 3 is 2.43 bits per heavy atom. The number of ether oxygens (including phenoxy) is 1. The van der Waals surface area contributed by atoms with Crippen molar-refractivity contribution < 1.29 is 4.74 Å². The molecule has 0 spiro atoms. The van der Waals surface area contributed by atoms with Crippen molar-refractivity contribution in [3.63, 3.8) is 0 Å². The normalized spacial score (nSPS) is 20.7. The van der Waals surface area contributed by atoms with Gasteiger partial charge in [0.25, 0.3) is 0 Å². The lowest BCUT2D eigenvalue weighted by molar-refractivity contribution is 0.0535. The first kappa shape index (κ1) is 16.4. The maximum absolute atomic E-state index is 6.15. The highest BCUT2D eigenvalue weighted by Gasteiger charge is 2.25. The number of rotatable bonds is 5. The van der Waals surface area contributed by atoms with Crippen LogP contribution in [0.2, 0.25) is 0 Å². The number of benzene rings is 2. The number of nitrogens with one attached hydrogen (secondary N) is 1. The van der Waals surface area contributed by atoms with Gasteiger partial charge in [-0.1, -0.05) is 29.8 Å². The van der Waals surface area contributed by atoms with E-state index < -0.39 is 0 Å². The van der Waals surface area contributed by atoms with Gasteiger partial charge in [0.15, 0.2) is 0 Å². The summed E-state index contributed by atoms with van der Waals surface area (Å²) in [5.74, 6) is 0.975. The van der Waals surface area contributed by atoms with Gasteiger partial charge >= 0.3 is 0 Å². The van der Waals surface area contributed by atoms with E-state index in [9.17, 15) is 0 Å². The lowest BCUT2D eigenvalue weighted by atomic mass is 10.2. The molecule has 1 N–H and O–H groups in total. The van der Waals surface area contributed by atoms with Gasteiger partial charge in [-0.3, -0.25) is 5.32 Å². The first-order chi connectivity index (χ1) is 11.1. The number of anilines is 1. The molecular weight excluding hydrogens is 304 g/mol. The fourth-order valence-corrected chi connectivity index (χ4v) is 3.50. The summed E-state index contributed by atoms with van der Waals surface area (Å²) in [5, 5.41) is 3.47. The summed E-state index contributed by atoms with van der Waals surface area (Å²) in [7, 11) is 4.11. The highest BCUT2D eigenvalue weighted by molar-refractivity contribution is 7.99. The van der Waals surface area contributed by atoms with Crippen LogP contribution in [0.3, 0.4) is 0 Å². The maximum Gasteiger partial charge on any atom is 0.134 e. The van der Waals surface area contributed by atoms with Crippen LogP contribution < -0.4 is 10.2 Å². The van der Waals surface area contributed by atoms with E-state index in [2.05, 4.69) is 79.8 Å². The quantitative estimate of drug-likeness (QED) is 0.843. The van der Waals surface area contributed by atoms with E-state index in [1.807, 2.05) is 11.8 Å². The van der Waals surface area contributed by atoms with E-state index in [1.165, 1.54) is 21.7 Å². The third-order valence-corrected chi connectivity index (χ3v) is 5.17. The number of thioether (sulfide) groups is 1. The van der Waals surface area contributed by atoms with Crippen molar-refractivity contribution in [3.05, 3.63) is 59.7 Å². The second-order valence-corrected chi connectivity index (χ2v) is 7.25. The van der Waals surface area contributed by atoms with E-state index in [0.717, 1.165) is 12.3 Å². The molecule has 3 nitrogen and oxygen atoms in total. The Hall–Kier alpha value is -1.49. The summed E-state index contributed by atoms with van der Waals surface area (Å²) >= 11 is 1.86. The summed E-state index contributed by atoms with van der Waals surface area (Å²) in [6, 6.07) is 17.2. The van der Waals surface area contributed by atoms with E-state index in [1.54, 1.807) is 0 Å². The number of hydrogen-bond donors (Lipinski definition) is 1. The van der Waals surface area contributed by atoms with Crippen LogP contribution in [0, 0.1) is 6.92 Å². The highest BCUT2D eigenvalue weighted by atomic mass is 32.2. The Morgan fingerprint density at radius 1 is 1.09 bits per heavy atom. The minimum atomic E-state index is 0.00910. The molecule has 2 atom stereocenters. The predicted octanol–water partition coefficient (Wildman–Crippen LogP) is 3.84. The van der Waals surface area contributed by atoms with Gasteiger partial charge < -0.3 is 9.64 Å². The molecule has 0 bridgehead atoms. The molecule has 0 aliphatic carbocycles. The van der Waals surface area contributed by atoms with Crippen LogP contribution in [0.25, 0.3) is 0 Å². The van der Waals surface area contributed by atoms with E-state index in [4.69, 9.17) is 4.74 Å². The van der Waals surface area contributed by atoms with Crippen LogP contribution in [0.1, 0.15) is 17.4 Å². The predicted molar refractivity (Wildman–Crippen MR) is 98.3 cm³/mol. The number of hydrogen-bond acceptors (Lipinski definition) is 4. The second-order valence-electron chi connectivity index (χ2n) is 6.16. The Kier molecular flexibility index (Phi) is 5.26. The first-order valence-corrected chi connectivity index (χ1v) is 8.96. The molecule has 0 saturated carbocycles. The average molecular weight is 328 g/mol. The Bertz CT molecular complexity index is 625. The van der Waals surface area contributed by atoms with Crippen LogP contribution in [0.15, 0.2) is 53.4 Å². The third kappa shape index (κ3) is 4.28. The van der Waals surface area contributed by atoms with Crippen LogP contribution in [-0.2, 0) is 4.74 Å². The maximum atomic E-state index is 6.15. The fourth-order valence-electron chi connectivity index (χ4n) is 2.59. The van der Waals surface area contributed by atoms with Crippen molar-refractivity contribution in [3.8, 4) is 0 Å². The molecule has 0 aromatic heterocycles. The standard InChI is InChI=1S/C19H24N2OS/c1-14-4-10-18(11-5-14)23-13-17-12-20-19(22-17)15-6-8-16(9-7-15)21(2)3/h4-11,17,19-20H,12-13H2,1-3H3/t17-,19-/m0/s1. The third-order valence-electron chi connectivity index (χ3n) is 4.03. The molecule has 1 aliphatic heterocycles. The minimum Gasteiger partial charge on any atom is -0.378 e. The molecule has 0 unspecified atom stereocenters. The molecule has 2 aromatic carbocycles. The van der Waals surface area contributed by atoms with Crippen molar-refractivity contribution in [1.29, 1.82) is 0 Å². The molecule has 3 rings (SSSR count). The van der Waals surface area contributed by atoms with Crippen LogP contribution in [0.4, 0.5) is 5.69 Å². The van der Waals surface area contributed by atoms with Gasteiger partial charge in [-0.05, 0) is 36.8 Å². The Morgan fingerprint density at radius 2 is 1.78 bits per heavy atom. The lowest BCUT2D eigenvalue weighted by Crippen LogP contribution is -2.16. The molecule has 4 heteroatoms. The fraction of sp³-hybridized carbons (Fsp3) is 0.368. The molecule has 0 radical (unpaired) electrons. The van der Waals surface area contributed by atoms with Gasteiger partial charge in [-0.25, -0.2) is 0 Å². The lowest BCUT2D eigenvalue weighted by Gasteiger charge is -2.16. The van der Waals surface area contributed by atoms with E-state index >= 15 is 0 Å². The largest absolute Gasteiger partial charge is 0.378 e. The number of aryl methyl sites for hydroxylation is 1. The summed E-state index contributed by atoms with van der Waals surface area (Å²) in [6.45, 7) is 3.02. The topological polar surface area (TPSA) is 24.5 Å². The Labute approximate surface area is 143 Å². The van der Waals surface area contributed by atoms with Crippen molar-refractivity contribution in [2.75, 3.05) is 31.3 Å². The van der Waals surface area contributed by atoms with E-state index in [0.29, 0.717) is 0 Å². The van der Waals surface area contributed by atoms with Gasteiger partial charge in [0.2, 0.25) is 0 Å². The van der Waals surface area contributed by atoms with Gasteiger partial charge in [-0.2, -0.15) is 0 Å². The molecule has 23 heavy (non-hydrogen) atoms. The monoisotopic (exact) mass is 328 g/mol. The number of nitrogens with zero attached hydrogens (tertiary/aromatic N) is 1. The van der Waals surface area contributed by atoms with Gasteiger partial charge in [0.1, 0.15) is 6.23 Å². The van der Waals surface area contributed by atoms with Gasteiger partial charge in [0.05, 0.1) is 6.10 Å². The zero-order valence-electron chi connectivity index (χ0n) is 14.0. The molecule has 2 aromatic rings. The SMILES string of the molecule is Cc1ccc(SC[C@@H]2CN[C@H](c3ccc(N(C)C)cc3)O2)cc1. The molecule has 1 heterocycles. The highest BCUT2D eigenvalue weighted by Crippen LogP contribution is 2.27. The molecule has 1 aliphatic rings. The minimum absolute atomic E-state index is 0.00910. The smallest absolute Gasteiger partial charge is 0.134 e. The molecule has 122 valence electrons. The summed E-state index contributed by atoms with van der Waals surface area (Å²) in [5.41, 5.74) is 3.70. The Balaban J connectivity index is 1.52. The first-order valence-electron chi connectivity index (χ1n) is 7.97. The van der Waals surface area contributed by atoms with Crippen molar-refractivity contribution in [2.24, 2.45) is 0 Å². The van der Waals surface area contributed by atoms with Crippen LogP contribution in [-0.4, -0.2) is 32.5 Å². The van der Waals surface area contributed by atoms with Gasteiger partial charge in [0, 0.05) is 37.0 Å². The molecular formula is C19H24N2OS.